The number of hydrogen-bond donors (Lipinski definition) is 1. The van der Waals surface area contributed by atoms with Crippen molar-refractivity contribution in [2.24, 2.45) is 0 Å². The monoisotopic (exact) mass is 489 g/mol. The highest BCUT2D eigenvalue weighted by atomic mass is 28.4. The maximum Gasteiger partial charge on any atom is 0.261 e. The molecule has 0 aromatic heterocycles. The van der Waals surface area contributed by atoms with Gasteiger partial charge in [0.15, 0.2) is 0 Å². The van der Waals surface area contributed by atoms with E-state index in [9.17, 15) is 5.11 Å². The van der Waals surface area contributed by atoms with E-state index in [4.69, 9.17) is 9.16 Å². The lowest BCUT2D eigenvalue weighted by Crippen LogP contribution is -2.68. The Kier molecular flexibility index (Phi) is 8.25. The maximum absolute atomic E-state index is 10.0. The molecule has 1 heterocycles. The number of aliphatic hydroxyl groups is 1. The summed E-state index contributed by atoms with van der Waals surface area (Å²) in [6.45, 7) is 11.1. The van der Waals surface area contributed by atoms with E-state index in [0.29, 0.717) is 13.2 Å². The van der Waals surface area contributed by atoms with Crippen LogP contribution in [0.15, 0.2) is 91.0 Å². The van der Waals surface area contributed by atoms with Gasteiger partial charge in [0, 0.05) is 19.1 Å². The van der Waals surface area contributed by atoms with Gasteiger partial charge in [-0.05, 0) is 27.9 Å². The number of morpholine rings is 1. The molecule has 1 N–H and O–H groups in total. The summed E-state index contributed by atoms with van der Waals surface area (Å²) in [5, 5.41) is 12.5. The van der Waals surface area contributed by atoms with Crippen molar-refractivity contribution in [3.8, 4) is 0 Å². The molecular weight excluding hydrogens is 450 g/mol. The first-order chi connectivity index (χ1) is 16.8. The Hall–Kier alpha value is -2.28. The van der Waals surface area contributed by atoms with Crippen molar-refractivity contribution < 1.29 is 14.3 Å². The first-order valence-electron chi connectivity index (χ1n) is 12.6. The van der Waals surface area contributed by atoms with Crippen LogP contribution in [0.4, 0.5) is 0 Å². The summed E-state index contributed by atoms with van der Waals surface area (Å²) in [4.78, 5) is 2.42. The number of rotatable bonds is 8. The predicted molar refractivity (Wildman–Crippen MR) is 146 cm³/mol. The molecule has 1 aliphatic heterocycles. The van der Waals surface area contributed by atoms with Crippen LogP contribution in [0.1, 0.15) is 33.3 Å². The minimum Gasteiger partial charge on any atom is -0.405 e. The molecule has 1 fully saturated rings. The molecule has 0 spiro atoms. The highest BCUT2D eigenvalue weighted by Gasteiger charge is 2.51. The van der Waals surface area contributed by atoms with E-state index in [2.05, 4.69) is 118 Å². The summed E-state index contributed by atoms with van der Waals surface area (Å²) < 4.78 is 13.6. The fourth-order valence-corrected chi connectivity index (χ4v) is 9.91. The van der Waals surface area contributed by atoms with Gasteiger partial charge >= 0.3 is 0 Å². The number of hydrogen-bond acceptors (Lipinski definition) is 4. The molecule has 1 saturated heterocycles. The zero-order chi connectivity index (χ0) is 24.9. The first kappa shape index (κ1) is 25.8. The van der Waals surface area contributed by atoms with E-state index < -0.39 is 8.32 Å². The van der Waals surface area contributed by atoms with Gasteiger partial charge in [-0.2, -0.15) is 0 Å². The summed E-state index contributed by atoms with van der Waals surface area (Å²) in [6.07, 6.45) is -0.353. The first-order valence-corrected chi connectivity index (χ1v) is 14.6. The molecule has 0 saturated carbocycles. The SMILES string of the molecule is C[C@@H]1[C@@H](CO[Si](c2ccccc2)(c2ccccc2)C(C)(C)C)O[C@H](CO)CN1Cc1ccccc1. The van der Waals surface area contributed by atoms with Gasteiger partial charge in [-0.25, -0.2) is 0 Å². The van der Waals surface area contributed by atoms with Crippen molar-refractivity contribution in [1.29, 1.82) is 0 Å². The summed E-state index contributed by atoms with van der Waals surface area (Å²) in [5.41, 5.74) is 1.27. The summed E-state index contributed by atoms with van der Waals surface area (Å²) in [6, 6.07) is 32.1. The third kappa shape index (κ3) is 5.60. The number of nitrogens with zero attached hydrogens (tertiary/aromatic N) is 1. The van der Waals surface area contributed by atoms with Gasteiger partial charge in [-0.3, -0.25) is 4.90 Å². The van der Waals surface area contributed by atoms with Crippen LogP contribution in [0.2, 0.25) is 5.04 Å². The Balaban J connectivity index is 1.64. The van der Waals surface area contributed by atoms with E-state index in [1.165, 1.54) is 15.9 Å². The summed E-state index contributed by atoms with van der Waals surface area (Å²) in [7, 11) is -2.65. The quantitative estimate of drug-likeness (QED) is 0.481. The van der Waals surface area contributed by atoms with Crippen LogP contribution in [0, 0.1) is 0 Å². The smallest absolute Gasteiger partial charge is 0.261 e. The van der Waals surface area contributed by atoms with Gasteiger partial charge in [0.2, 0.25) is 0 Å². The summed E-state index contributed by atoms with van der Waals surface area (Å²) in [5.74, 6) is 0. The van der Waals surface area contributed by atoms with E-state index in [1.807, 2.05) is 6.07 Å². The Morgan fingerprint density at radius 3 is 1.89 bits per heavy atom. The topological polar surface area (TPSA) is 41.9 Å². The fourth-order valence-electron chi connectivity index (χ4n) is 5.34. The highest BCUT2D eigenvalue weighted by molar-refractivity contribution is 6.99. The number of aliphatic hydroxyl groups excluding tert-OH is 1. The zero-order valence-electron chi connectivity index (χ0n) is 21.4. The third-order valence-corrected chi connectivity index (χ3v) is 12.2. The predicted octanol–water partition coefficient (Wildman–Crippen LogP) is 4.21. The van der Waals surface area contributed by atoms with Crippen LogP contribution >= 0.6 is 0 Å². The molecule has 3 aromatic rings. The molecule has 4 nitrogen and oxygen atoms in total. The Labute approximate surface area is 211 Å². The van der Waals surface area contributed by atoms with Crippen LogP contribution in [0.25, 0.3) is 0 Å². The van der Waals surface area contributed by atoms with Crippen molar-refractivity contribution >= 4 is 18.7 Å². The van der Waals surface area contributed by atoms with Crippen molar-refractivity contribution in [3.63, 3.8) is 0 Å². The molecule has 0 radical (unpaired) electrons. The molecule has 5 heteroatoms. The molecule has 3 aromatic carbocycles. The minimum absolute atomic E-state index is 0.00766. The van der Waals surface area contributed by atoms with Gasteiger partial charge in [-0.15, -0.1) is 0 Å². The van der Waals surface area contributed by atoms with Gasteiger partial charge < -0.3 is 14.3 Å². The van der Waals surface area contributed by atoms with E-state index in [0.717, 1.165) is 6.54 Å². The lowest BCUT2D eigenvalue weighted by Gasteiger charge is -2.47. The normalized spacial score (nSPS) is 21.7. The maximum atomic E-state index is 10.0. The molecule has 3 atom stereocenters. The highest BCUT2D eigenvalue weighted by Crippen LogP contribution is 2.37. The van der Waals surface area contributed by atoms with E-state index >= 15 is 0 Å². The summed E-state index contributed by atoms with van der Waals surface area (Å²) >= 11 is 0. The molecule has 0 bridgehead atoms. The van der Waals surface area contributed by atoms with E-state index in [-0.39, 0.29) is 29.9 Å². The molecule has 35 heavy (non-hydrogen) atoms. The molecule has 186 valence electrons. The van der Waals surface area contributed by atoms with Crippen LogP contribution in [-0.4, -0.2) is 56.3 Å². The van der Waals surface area contributed by atoms with Crippen LogP contribution in [0.3, 0.4) is 0 Å². The molecule has 0 aliphatic carbocycles. The standard InChI is InChI=1S/C30H39NO3Si/c1-24-29(34-26(22-32)21-31(24)20-25-14-8-5-9-15-25)23-33-35(30(2,3)4,27-16-10-6-11-17-27)28-18-12-7-13-19-28/h5-19,24,26,29,32H,20-23H2,1-4H3/t24-,26+,29-/m1/s1. The number of ether oxygens (including phenoxy) is 1. The molecule has 1 aliphatic rings. The minimum atomic E-state index is -2.65. The van der Waals surface area contributed by atoms with Crippen LogP contribution < -0.4 is 10.4 Å². The van der Waals surface area contributed by atoms with E-state index in [1.54, 1.807) is 0 Å². The fraction of sp³-hybridized carbons (Fsp3) is 0.400. The third-order valence-electron chi connectivity index (χ3n) is 7.23. The van der Waals surface area contributed by atoms with Gasteiger partial charge in [0.1, 0.15) is 0 Å². The van der Waals surface area contributed by atoms with Crippen molar-refractivity contribution in [1.82, 2.24) is 4.90 Å². The number of benzene rings is 3. The molecule has 0 unspecified atom stereocenters. The Morgan fingerprint density at radius 1 is 0.886 bits per heavy atom. The second-order valence-electron chi connectivity index (χ2n) is 10.6. The zero-order valence-corrected chi connectivity index (χ0v) is 22.4. The molecular formula is C30H39NO3Si. The van der Waals surface area contributed by atoms with Crippen molar-refractivity contribution in [2.75, 3.05) is 19.8 Å². The van der Waals surface area contributed by atoms with Crippen LogP contribution in [-0.2, 0) is 15.7 Å². The lowest BCUT2D eigenvalue weighted by molar-refractivity contribution is -0.143. The van der Waals surface area contributed by atoms with Crippen LogP contribution in [0.5, 0.6) is 0 Å². The lowest BCUT2D eigenvalue weighted by atomic mass is 10.1. The van der Waals surface area contributed by atoms with Crippen molar-refractivity contribution in [2.45, 2.75) is 57.5 Å². The average Bonchev–Trinajstić information content (AvgIpc) is 2.87. The second kappa shape index (κ2) is 11.2. The largest absolute Gasteiger partial charge is 0.405 e. The Bertz CT molecular complexity index is 1000. The average molecular weight is 490 g/mol. The Morgan fingerprint density at radius 2 is 1.40 bits per heavy atom. The van der Waals surface area contributed by atoms with Crippen molar-refractivity contribution in [3.05, 3.63) is 96.6 Å². The van der Waals surface area contributed by atoms with Gasteiger partial charge in [0.05, 0.1) is 25.4 Å². The van der Waals surface area contributed by atoms with Gasteiger partial charge in [0.25, 0.3) is 8.32 Å². The molecule has 4 rings (SSSR count). The molecule has 0 amide bonds. The second-order valence-corrected chi connectivity index (χ2v) is 14.9. The van der Waals surface area contributed by atoms with Gasteiger partial charge in [-0.1, -0.05) is 112 Å².